The average molecular weight is 344 g/mol. The van der Waals surface area contributed by atoms with Gasteiger partial charge in [0.15, 0.2) is 0 Å². The minimum Gasteiger partial charge on any atom is -0.497 e. The number of benzene rings is 1. The van der Waals surface area contributed by atoms with Crippen LogP contribution in [0.2, 0.25) is 0 Å². The Kier molecular flexibility index (Phi) is 6.03. The number of aromatic nitrogens is 2. The maximum atomic E-state index is 10.2. The molecular weight excluding hydrogens is 320 g/mol. The molecule has 2 aromatic rings. The minimum absolute atomic E-state index is 0.259. The van der Waals surface area contributed by atoms with Gasteiger partial charge in [-0.3, -0.25) is 4.90 Å². The molecule has 1 aromatic carbocycles. The molecule has 134 valence electrons. The third-order valence-electron chi connectivity index (χ3n) is 4.16. The van der Waals surface area contributed by atoms with Crippen molar-refractivity contribution in [1.82, 2.24) is 14.9 Å². The molecule has 1 atom stereocenters. The fourth-order valence-electron chi connectivity index (χ4n) is 2.82. The van der Waals surface area contributed by atoms with Crippen LogP contribution in [-0.2, 0) is 0 Å². The van der Waals surface area contributed by atoms with Gasteiger partial charge in [-0.05, 0) is 18.2 Å². The van der Waals surface area contributed by atoms with Crippen molar-refractivity contribution in [2.45, 2.75) is 6.10 Å². The van der Waals surface area contributed by atoms with Crippen LogP contribution in [0.15, 0.2) is 42.7 Å². The zero-order valence-electron chi connectivity index (χ0n) is 14.4. The predicted octanol–water partition coefficient (Wildman–Crippen LogP) is 1.05. The molecule has 2 heterocycles. The fraction of sp³-hybridized carbons (Fsp3) is 0.444. The van der Waals surface area contributed by atoms with Crippen LogP contribution in [-0.4, -0.2) is 72.5 Å². The third kappa shape index (κ3) is 5.04. The number of anilines is 1. The van der Waals surface area contributed by atoms with Gasteiger partial charge in [-0.15, -0.1) is 0 Å². The first-order valence-electron chi connectivity index (χ1n) is 8.44. The summed E-state index contributed by atoms with van der Waals surface area (Å²) in [5.41, 5.74) is 0. The monoisotopic (exact) mass is 344 g/mol. The molecular formula is C18H24N4O3. The van der Waals surface area contributed by atoms with E-state index in [0.29, 0.717) is 12.3 Å². The number of hydrogen-bond acceptors (Lipinski definition) is 7. The molecule has 1 aromatic heterocycles. The number of β-amino-alcohol motifs (C(OH)–C–C–N with tert-alkyl or cyclic N) is 1. The van der Waals surface area contributed by atoms with Crippen molar-refractivity contribution in [3.8, 4) is 11.5 Å². The average Bonchev–Trinajstić information content (AvgIpc) is 2.68. The summed E-state index contributed by atoms with van der Waals surface area (Å²) >= 11 is 0. The largest absolute Gasteiger partial charge is 0.497 e. The Morgan fingerprint density at radius 1 is 1.08 bits per heavy atom. The Morgan fingerprint density at radius 3 is 2.52 bits per heavy atom. The smallest absolute Gasteiger partial charge is 0.225 e. The molecule has 1 aliphatic heterocycles. The second kappa shape index (κ2) is 8.64. The highest BCUT2D eigenvalue weighted by Gasteiger charge is 2.20. The van der Waals surface area contributed by atoms with Gasteiger partial charge in [0.25, 0.3) is 0 Å². The van der Waals surface area contributed by atoms with E-state index in [2.05, 4.69) is 19.8 Å². The molecule has 1 fully saturated rings. The summed E-state index contributed by atoms with van der Waals surface area (Å²) in [7, 11) is 1.62. The summed E-state index contributed by atoms with van der Waals surface area (Å²) in [6.07, 6.45) is 2.98. The van der Waals surface area contributed by atoms with Crippen LogP contribution in [0.5, 0.6) is 11.5 Å². The maximum Gasteiger partial charge on any atom is 0.225 e. The number of hydrogen-bond donors (Lipinski definition) is 1. The van der Waals surface area contributed by atoms with Gasteiger partial charge in [0.1, 0.15) is 24.2 Å². The van der Waals surface area contributed by atoms with Gasteiger partial charge in [0.2, 0.25) is 5.95 Å². The molecule has 3 rings (SSSR count). The summed E-state index contributed by atoms with van der Waals surface area (Å²) in [5, 5.41) is 10.2. The molecule has 1 saturated heterocycles. The Balaban J connectivity index is 1.41. The van der Waals surface area contributed by atoms with Gasteiger partial charge in [-0.25, -0.2) is 9.97 Å². The molecule has 0 bridgehead atoms. The van der Waals surface area contributed by atoms with Crippen LogP contribution < -0.4 is 14.4 Å². The van der Waals surface area contributed by atoms with Gasteiger partial charge in [0.05, 0.1) is 7.11 Å². The van der Waals surface area contributed by atoms with Crippen molar-refractivity contribution in [2.24, 2.45) is 0 Å². The number of aliphatic hydroxyl groups is 1. The van der Waals surface area contributed by atoms with Crippen LogP contribution in [0.4, 0.5) is 5.95 Å². The van der Waals surface area contributed by atoms with Crippen LogP contribution >= 0.6 is 0 Å². The Hall–Kier alpha value is -2.38. The van der Waals surface area contributed by atoms with Crippen LogP contribution in [0.25, 0.3) is 0 Å². The quantitative estimate of drug-likeness (QED) is 0.805. The number of nitrogens with zero attached hydrogens (tertiary/aromatic N) is 4. The highest BCUT2D eigenvalue weighted by Crippen LogP contribution is 2.19. The van der Waals surface area contributed by atoms with E-state index >= 15 is 0 Å². The minimum atomic E-state index is -0.536. The van der Waals surface area contributed by atoms with Crippen molar-refractivity contribution in [1.29, 1.82) is 0 Å². The zero-order chi connectivity index (χ0) is 17.5. The molecule has 0 saturated carbocycles. The zero-order valence-corrected chi connectivity index (χ0v) is 14.4. The molecule has 7 heteroatoms. The summed E-state index contributed by atoms with van der Waals surface area (Å²) < 4.78 is 10.8. The Labute approximate surface area is 147 Å². The number of methoxy groups -OCH3 is 1. The number of piperazine rings is 1. The highest BCUT2D eigenvalue weighted by molar-refractivity contribution is 5.32. The summed E-state index contributed by atoms with van der Waals surface area (Å²) in [5.74, 6) is 2.21. The Morgan fingerprint density at radius 2 is 1.80 bits per heavy atom. The van der Waals surface area contributed by atoms with E-state index in [1.54, 1.807) is 19.5 Å². The molecule has 1 unspecified atom stereocenters. The van der Waals surface area contributed by atoms with E-state index < -0.39 is 6.10 Å². The topological polar surface area (TPSA) is 71.0 Å². The van der Waals surface area contributed by atoms with Crippen molar-refractivity contribution in [2.75, 3.05) is 51.3 Å². The van der Waals surface area contributed by atoms with Gasteiger partial charge >= 0.3 is 0 Å². The predicted molar refractivity (Wildman–Crippen MR) is 95.2 cm³/mol. The van der Waals surface area contributed by atoms with Crippen molar-refractivity contribution < 1.29 is 14.6 Å². The molecule has 7 nitrogen and oxygen atoms in total. The molecule has 0 aliphatic carbocycles. The molecule has 25 heavy (non-hydrogen) atoms. The normalized spacial score (nSPS) is 16.5. The maximum absolute atomic E-state index is 10.2. The van der Waals surface area contributed by atoms with E-state index in [0.717, 1.165) is 37.9 Å². The first-order valence-corrected chi connectivity index (χ1v) is 8.44. The molecule has 0 amide bonds. The molecule has 1 aliphatic rings. The lowest BCUT2D eigenvalue weighted by atomic mass is 10.2. The summed E-state index contributed by atoms with van der Waals surface area (Å²) in [6, 6.07) is 9.21. The highest BCUT2D eigenvalue weighted by atomic mass is 16.5. The van der Waals surface area contributed by atoms with Gasteiger partial charge in [0, 0.05) is 51.2 Å². The first-order chi connectivity index (χ1) is 12.2. The summed E-state index contributed by atoms with van der Waals surface area (Å²) in [6.45, 7) is 4.30. The fourth-order valence-corrected chi connectivity index (χ4v) is 2.82. The van der Waals surface area contributed by atoms with E-state index in [1.165, 1.54) is 0 Å². The SMILES string of the molecule is COc1cccc(OCC(O)CN2CCN(c3ncccn3)CC2)c1. The van der Waals surface area contributed by atoms with E-state index in [-0.39, 0.29) is 6.61 Å². The van der Waals surface area contributed by atoms with E-state index in [1.807, 2.05) is 30.3 Å². The van der Waals surface area contributed by atoms with E-state index in [9.17, 15) is 5.11 Å². The van der Waals surface area contributed by atoms with E-state index in [4.69, 9.17) is 9.47 Å². The van der Waals surface area contributed by atoms with Crippen molar-refractivity contribution >= 4 is 5.95 Å². The lowest BCUT2D eigenvalue weighted by Gasteiger charge is -2.35. The summed E-state index contributed by atoms with van der Waals surface area (Å²) in [4.78, 5) is 13.0. The lowest BCUT2D eigenvalue weighted by Crippen LogP contribution is -2.49. The van der Waals surface area contributed by atoms with Crippen molar-refractivity contribution in [3.05, 3.63) is 42.7 Å². The van der Waals surface area contributed by atoms with Gasteiger partial charge in [-0.1, -0.05) is 6.07 Å². The molecule has 1 N–H and O–H groups in total. The number of rotatable bonds is 7. The number of aliphatic hydroxyl groups excluding tert-OH is 1. The third-order valence-corrected chi connectivity index (χ3v) is 4.16. The Bertz CT molecular complexity index is 648. The second-order valence-electron chi connectivity index (χ2n) is 5.98. The van der Waals surface area contributed by atoms with Crippen LogP contribution in [0.3, 0.4) is 0 Å². The van der Waals surface area contributed by atoms with Gasteiger partial charge in [-0.2, -0.15) is 0 Å². The number of ether oxygens (including phenoxy) is 2. The first kappa shape index (κ1) is 17.4. The second-order valence-corrected chi connectivity index (χ2v) is 5.98. The van der Waals surface area contributed by atoms with Crippen LogP contribution in [0.1, 0.15) is 0 Å². The standard InChI is InChI=1S/C18H24N4O3/c1-24-16-4-2-5-17(12-16)25-14-15(23)13-21-8-10-22(11-9-21)18-19-6-3-7-20-18/h2-7,12,15,23H,8-11,13-14H2,1H3. The lowest BCUT2D eigenvalue weighted by molar-refractivity contribution is 0.0661. The van der Waals surface area contributed by atoms with Crippen LogP contribution in [0, 0.1) is 0 Å². The molecule has 0 spiro atoms. The van der Waals surface area contributed by atoms with Gasteiger partial charge < -0.3 is 19.5 Å². The molecule has 0 radical (unpaired) electrons. The van der Waals surface area contributed by atoms with Crippen molar-refractivity contribution in [3.63, 3.8) is 0 Å².